The van der Waals surface area contributed by atoms with Gasteiger partial charge in [-0.15, -0.1) is 11.3 Å². The topological polar surface area (TPSA) is 60.9 Å². The van der Waals surface area contributed by atoms with E-state index in [1.54, 1.807) is 41.3 Å². The number of fused-ring (bicyclic) bond motifs is 3. The first-order chi connectivity index (χ1) is 13.6. The van der Waals surface area contributed by atoms with Crippen LogP contribution in [0.3, 0.4) is 0 Å². The Kier molecular flexibility index (Phi) is 4.32. The van der Waals surface area contributed by atoms with Gasteiger partial charge in [-0.05, 0) is 43.0 Å². The summed E-state index contributed by atoms with van der Waals surface area (Å²) < 4.78 is 20.5. The second-order valence-corrected chi connectivity index (χ2v) is 8.77. The molecule has 0 radical (unpaired) electrons. The molecule has 0 unspecified atom stereocenters. The SMILES string of the molecule is Cn1c(SCc2coc(-c3cccc(F)c3)n2)nc2sc3c(c2c1=O)CCC3. The minimum absolute atomic E-state index is 0.0208. The monoisotopic (exact) mass is 413 g/mol. The molecule has 5 rings (SSSR count). The highest BCUT2D eigenvalue weighted by Crippen LogP contribution is 2.35. The van der Waals surface area contributed by atoms with Gasteiger partial charge in [-0.25, -0.2) is 14.4 Å². The van der Waals surface area contributed by atoms with E-state index < -0.39 is 0 Å². The second kappa shape index (κ2) is 6.86. The van der Waals surface area contributed by atoms with Crippen molar-refractivity contribution in [3.8, 4) is 11.5 Å². The molecular formula is C20H16FN3O2S2. The summed E-state index contributed by atoms with van der Waals surface area (Å²) in [5.41, 5.74) is 2.52. The number of hydrogen-bond donors (Lipinski definition) is 0. The molecule has 8 heteroatoms. The first-order valence-corrected chi connectivity index (χ1v) is 10.7. The van der Waals surface area contributed by atoms with Crippen LogP contribution in [0.25, 0.3) is 21.7 Å². The van der Waals surface area contributed by atoms with Crippen LogP contribution in [-0.2, 0) is 25.6 Å². The molecule has 0 N–H and O–H groups in total. The molecule has 0 atom stereocenters. The molecule has 0 bridgehead atoms. The summed E-state index contributed by atoms with van der Waals surface area (Å²) in [5, 5.41) is 1.45. The van der Waals surface area contributed by atoms with Gasteiger partial charge in [0.1, 0.15) is 16.9 Å². The molecule has 0 spiro atoms. The van der Waals surface area contributed by atoms with E-state index in [2.05, 4.69) is 4.98 Å². The van der Waals surface area contributed by atoms with Crippen molar-refractivity contribution >= 4 is 33.3 Å². The lowest BCUT2D eigenvalue weighted by Crippen LogP contribution is -2.20. The Morgan fingerprint density at radius 2 is 2.21 bits per heavy atom. The number of rotatable bonds is 4. The summed E-state index contributed by atoms with van der Waals surface area (Å²) in [6.07, 6.45) is 4.70. The lowest BCUT2D eigenvalue weighted by Gasteiger charge is -2.06. The van der Waals surface area contributed by atoms with Crippen molar-refractivity contribution in [3.63, 3.8) is 0 Å². The molecule has 4 aromatic rings. The van der Waals surface area contributed by atoms with E-state index in [1.807, 2.05) is 0 Å². The molecule has 1 aliphatic carbocycles. The van der Waals surface area contributed by atoms with E-state index in [1.165, 1.54) is 34.3 Å². The van der Waals surface area contributed by atoms with Crippen LogP contribution in [-0.4, -0.2) is 14.5 Å². The van der Waals surface area contributed by atoms with Crippen molar-refractivity contribution in [3.05, 3.63) is 62.8 Å². The van der Waals surface area contributed by atoms with Crippen molar-refractivity contribution < 1.29 is 8.81 Å². The fourth-order valence-corrected chi connectivity index (χ4v) is 5.65. The zero-order valence-corrected chi connectivity index (χ0v) is 16.7. The van der Waals surface area contributed by atoms with E-state index in [0.29, 0.717) is 28.1 Å². The predicted molar refractivity (Wildman–Crippen MR) is 108 cm³/mol. The highest BCUT2D eigenvalue weighted by atomic mass is 32.2. The van der Waals surface area contributed by atoms with Gasteiger partial charge in [0.2, 0.25) is 5.89 Å². The van der Waals surface area contributed by atoms with Crippen molar-refractivity contribution in [2.75, 3.05) is 0 Å². The van der Waals surface area contributed by atoms with Gasteiger partial charge >= 0.3 is 0 Å². The summed E-state index contributed by atoms with van der Waals surface area (Å²) >= 11 is 3.08. The molecule has 3 heterocycles. The van der Waals surface area contributed by atoms with Crippen molar-refractivity contribution in [2.24, 2.45) is 7.05 Å². The standard InChI is InChI=1S/C20H16FN3O2S2/c1-24-19(25)16-14-6-3-7-15(14)28-18(16)23-20(24)27-10-13-9-26-17(22-13)11-4-2-5-12(21)8-11/h2,4-5,8-9H,3,6-7,10H2,1H3. The zero-order valence-electron chi connectivity index (χ0n) is 15.1. The molecule has 0 fully saturated rings. The lowest BCUT2D eigenvalue weighted by atomic mass is 10.2. The Balaban J connectivity index is 1.41. The van der Waals surface area contributed by atoms with Crippen LogP contribution in [0.1, 0.15) is 22.6 Å². The minimum atomic E-state index is -0.332. The van der Waals surface area contributed by atoms with Gasteiger partial charge in [-0.3, -0.25) is 9.36 Å². The van der Waals surface area contributed by atoms with Crippen LogP contribution in [0.2, 0.25) is 0 Å². The maximum atomic E-state index is 13.4. The number of thioether (sulfide) groups is 1. The largest absolute Gasteiger partial charge is 0.444 e. The summed E-state index contributed by atoms with van der Waals surface area (Å²) in [5.74, 6) is 0.555. The predicted octanol–water partition coefficient (Wildman–Crippen LogP) is 4.57. The van der Waals surface area contributed by atoms with Crippen LogP contribution in [0.4, 0.5) is 4.39 Å². The van der Waals surface area contributed by atoms with Gasteiger partial charge in [-0.2, -0.15) is 0 Å². The summed E-state index contributed by atoms with van der Waals surface area (Å²) in [7, 11) is 1.76. The summed E-state index contributed by atoms with van der Waals surface area (Å²) in [6, 6.07) is 6.14. The molecule has 142 valence electrons. The maximum Gasteiger partial charge on any atom is 0.262 e. The van der Waals surface area contributed by atoms with Gasteiger partial charge in [0.15, 0.2) is 5.16 Å². The van der Waals surface area contributed by atoms with Crippen LogP contribution < -0.4 is 5.56 Å². The van der Waals surface area contributed by atoms with Gasteiger partial charge in [0, 0.05) is 23.2 Å². The Hall–Kier alpha value is -2.45. The molecule has 0 saturated heterocycles. The first-order valence-electron chi connectivity index (χ1n) is 8.94. The molecule has 1 aliphatic rings. The van der Waals surface area contributed by atoms with Gasteiger partial charge in [0.05, 0.1) is 11.1 Å². The third-order valence-corrected chi connectivity index (χ3v) is 7.13. The fourth-order valence-electron chi connectivity index (χ4n) is 3.50. The highest BCUT2D eigenvalue weighted by Gasteiger charge is 2.22. The Labute approximate surface area is 168 Å². The number of hydrogen-bond acceptors (Lipinski definition) is 6. The third kappa shape index (κ3) is 2.97. The van der Waals surface area contributed by atoms with E-state index >= 15 is 0 Å². The number of aromatic nitrogens is 3. The lowest BCUT2D eigenvalue weighted by molar-refractivity contribution is 0.571. The Morgan fingerprint density at radius 3 is 3.07 bits per heavy atom. The van der Waals surface area contributed by atoms with E-state index in [4.69, 9.17) is 9.40 Å². The number of nitrogens with zero attached hydrogens (tertiary/aromatic N) is 3. The summed E-state index contributed by atoms with van der Waals surface area (Å²) in [4.78, 5) is 24.1. The molecule has 5 nitrogen and oxygen atoms in total. The normalized spacial score (nSPS) is 13.4. The van der Waals surface area contributed by atoms with Crippen molar-refractivity contribution in [1.29, 1.82) is 0 Å². The number of halogens is 1. The number of aryl methyl sites for hydroxylation is 2. The van der Waals surface area contributed by atoms with Gasteiger partial charge in [-0.1, -0.05) is 17.8 Å². The molecule has 0 amide bonds. The molecule has 0 aliphatic heterocycles. The number of thiophene rings is 1. The molecule has 0 saturated carbocycles. The van der Waals surface area contributed by atoms with Gasteiger partial charge < -0.3 is 4.42 Å². The Morgan fingerprint density at radius 1 is 1.32 bits per heavy atom. The van der Waals surface area contributed by atoms with Crippen LogP contribution in [0.15, 0.2) is 44.9 Å². The van der Waals surface area contributed by atoms with Crippen molar-refractivity contribution in [2.45, 2.75) is 30.2 Å². The molecule has 3 aromatic heterocycles. The van der Waals surface area contributed by atoms with E-state index in [9.17, 15) is 9.18 Å². The maximum absolute atomic E-state index is 13.4. The van der Waals surface area contributed by atoms with Gasteiger partial charge in [0.25, 0.3) is 5.56 Å². The number of oxazole rings is 1. The smallest absolute Gasteiger partial charge is 0.262 e. The highest BCUT2D eigenvalue weighted by molar-refractivity contribution is 7.98. The fraction of sp³-hybridized carbons (Fsp3) is 0.250. The first kappa shape index (κ1) is 17.6. The molecule has 28 heavy (non-hydrogen) atoms. The van der Waals surface area contributed by atoms with Crippen LogP contribution in [0, 0.1) is 5.82 Å². The molecule has 1 aromatic carbocycles. The quantitative estimate of drug-likeness (QED) is 0.362. The molecular weight excluding hydrogens is 397 g/mol. The van der Waals surface area contributed by atoms with E-state index in [-0.39, 0.29) is 11.4 Å². The van der Waals surface area contributed by atoms with Crippen LogP contribution in [0.5, 0.6) is 0 Å². The zero-order chi connectivity index (χ0) is 19.3. The summed E-state index contributed by atoms with van der Waals surface area (Å²) in [6.45, 7) is 0. The third-order valence-electron chi connectivity index (χ3n) is 4.88. The van der Waals surface area contributed by atoms with Crippen molar-refractivity contribution in [1.82, 2.24) is 14.5 Å². The second-order valence-electron chi connectivity index (χ2n) is 6.74. The average molecular weight is 413 g/mol. The minimum Gasteiger partial charge on any atom is -0.444 e. The van der Waals surface area contributed by atoms with Crippen LogP contribution >= 0.6 is 23.1 Å². The Bertz CT molecular complexity index is 1260. The number of benzene rings is 1. The average Bonchev–Trinajstić information content (AvgIpc) is 3.39. The van der Waals surface area contributed by atoms with E-state index in [0.717, 1.165) is 29.5 Å².